The zero-order valence-electron chi connectivity index (χ0n) is 14.4. The van der Waals surface area contributed by atoms with Gasteiger partial charge >= 0.3 is 6.03 Å². The smallest absolute Gasteiger partial charge is 0.321 e. The van der Waals surface area contributed by atoms with E-state index < -0.39 is 6.03 Å². The quantitative estimate of drug-likeness (QED) is 0.616. The third-order valence-corrected chi connectivity index (χ3v) is 6.49. The molecule has 2 N–H and O–H groups in total. The highest BCUT2D eigenvalue weighted by Gasteiger charge is 2.20. The van der Waals surface area contributed by atoms with Gasteiger partial charge in [0.15, 0.2) is 0 Å². The Labute approximate surface area is 155 Å². The zero-order valence-corrected chi connectivity index (χ0v) is 16.1. The molecule has 6 nitrogen and oxygen atoms in total. The molecule has 0 fully saturated rings. The van der Waals surface area contributed by atoms with Gasteiger partial charge in [-0.1, -0.05) is 18.7 Å². The van der Waals surface area contributed by atoms with Crippen molar-refractivity contribution in [2.45, 2.75) is 57.0 Å². The standard InChI is InChI=1S/C17H22N4O2S2/c1-3-10(2)20-17(23)21-13(22)8-24-15-14-11-6-4-5-7-12(11)25-16(14)19-9-18-15/h9-10H,3-8H2,1-2H3,(H2,20,21,22,23)/t10-/m1/s1. The second kappa shape index (κ2) is 8.14. The molecule has 0 aromatic carbocycles. The predicted molar refractivity (Wildman–Crippen MR) is 101 cm³/mol. The minimum Gasteiger partial charge on any atom is -0.335 e. The van der Waals surface area contributed by atoms with Crippen LogP contribution in [-0.2, 0) is 17.6 Å². The number of hydrogen-bond acceptors (Lipinski definition) is 6. The summed E-state index contributed by atoms with van der Waals surface area (Å²) in [6.45, 7) is 3.88. The van der Waals surface area contributed by atoms with Crippen LogP contribution in [-0.4, -0.2) is 33.7 Å². The summed E-state index contributed by atoms with van der Waals surface area (Å²) < 4.78 is 0. The number of fused-ring (bicyclic) bond motifs is 3. The summed E-state index contributed by atoms with van der Waals surface area (Å²) in [6, 6.07) is -0.403. The molecular formula is C17H22N4O2S2. The molecule has 1 aliphatic carbocycles. The number of aromatic nitrogens is 2. The van der Waals surface area contributed by atoms with Gasteiger partial charge in [-0.15, -0.1) is 11.3 Å². The van der Waals surface area contributed by atoms with Crippen LogP contribution in [0.25, 0.3) is 10.2 Å². The van der Waals surface area contributed by atoms with Crippen LogP contribution in [0.1, 0.15) is 43.6 Å². The Morgan fingerprint density at radius 2 is 2.12 bits per heavy atom. The number of urea groups is 1. The Bertz CT molecular complexity index is 790. The molecule has 0 aliphatic heterocycles. The average molecular weight is 379 g/mol. The normalized spacial score (nSPS) is 14.8. The first-order valence-electron chi connectivity index (χ1n) is 8.56. The molecule has 1 atom stereocenters. The number of nitrogens with one attached hydrogen (secondary N) is 2. The van der Waals surface area contributed by atoms with E-state index in [4.69, 9.17) is 0 Å². The summed E-state index contributed by atoms with van der Waals surface area (Å²) in [5, 5.41) is 7.03. The number of carbonyl (C=O) groups is 2. The molecule has 0 bridgehead atoms. The van der Waals surface area contributed by atoms with Crippen LogP contribution in [0.4, 0.5) is 4.79 Å². The molecule has 0 spiro atoms. The fourth-order valence-electron chi connectivity index (χ4n) is 2.83. The van der Waals surface area contributed by atoms with Gasteiger partial charge in [-0.2, -0.15) is 0 Å². The average Bonchev–Trinajstić information content (AvgIpc) is 2.98. The van der Waals surface area contributed by atoms with Gasteiger partial charge in [0.2, 0.25) is 5.91 Å². The first kappa shape index (κ1) is 18.1. The number of amides is 3. The zero-order chi connectivity index (χ0) is 17.8. The van der Waals surface area contributed by atoms with Crippen LogP contribution >= 0.6 is 23.1 Å². The van der Waals surface area contributed by atoms with Gasteiger partial charge < -0.3 is 5.32 Å². The molecule has 0 saturated carbocycles. The van der Waals surface area contributed by atoms with Crippen LogP contribution in [0, 0.1) is 0 Å². The Kier molecular flexibility index (Phi) is 5.90. The number of thiophene rings is 1. The summed E-state index contributed by atoms with van der Waals surface area (Å²) in [5.74, 6) is -0.161. The van der Waals surface area contributed by atoms with Crippen molar-refractivity contribution in [2.75, 3.05) is 5.75 Å². The predicted octanol–water partition coefficient (Wildman–Crippen LogP) is 3.29. The Morgan fingerprint density at radius 3 is 2.92 bits per heavy atom. The van der Waals surface area contributed by atoms with E-state index in [1.54, 1.807) is 17.7 Å². The van der Waals surface area contributed by atoms with Crippen molar-refractivity contribution < 1.29 is 9.59 Å². The lowest BCUT2D eigenvalue weighted by atomic mass is 9.97. The van der Waals surface area contributed by atoms with Crippen LogP contribution < -0.4 is 10.6 Å². The third-order valence-electron chi connectivity index (χ3n) is 4.30. The Morgan fingerprint density at radius 1 is 1.32 bits per heavy atom. The highest BCUT2D eigenvalue weighted by Crippen LogP contribution is 2.39. The molecule has 3 rings (SSSR count). The highest BCUT2D eigenvalue weighted by molar-refractivity contribution is 8.00. The van der Waals surface area contributed by atoms with Crippen molar-refractivity contribution in [2.24, 2.45) is 0 Å². The molecule has 0 unspecified atom stereocenters. The maximum atomic E-state index is 12.0. The summed E-state index contributed by atoms with van der Waals surface area (Å²) in [4.78, 5) is 34.9. The molecule has 2 heterocycles. The van der Waals surface area contributed by atoms with Gasteiger partial charge in [0, 0.05) is 16.3 Å². The number of nitrogens with zero attached hydrogens (tertiary/aromatic N) is 2. The van der Waals surface area contributed by atoms with Crippen molar-refractivity contribution in [3.63, 3.8) is 0 Å². The molecule has 2 aromatic heterocycles. The monoisotopic (exact) mass is 378 g/mol. The number of aryl methyl sites for hydroxylation is 2. The Hall–Kier alpha value is -1.67. The second-order valence-electron chi connectivity index (χ2n) is 6.19. The topological polar surface area (TPSA) is 84.0 Å². The maximum absolute atomic E-state index is 12.0. The number of hydrogen-bond donors (Lipinski definition) is 2. The first-order valence-corrected chi connectivity index (χ1v) is 10.4. The summed E-state index contributed by atoms with van der Waals surface area (Å²) in [5.41, 5.74) is 1.35. The molecule has 25 heavy (non-hydrogen) atoms. The Balaban J connectivity index is 1.66. The van der Waals surface area contributed by atoms with Gasteiger partial charge in [-0.25, -0.2) is 14.8 Å². The van der Waals surface area contributed by atoms with Crippen molar-refractivity contribution >= 4 is 45.3 Å². The second-order valence-corrected chi connectivity index (χ2v) is 8.24. The van der Waals surface area contributed by atoms with E-state index in [1.165, 1.54) is 35.0 Å². The largest absolute Gasteiger partial charge is 0.335 e. The van der Waals surface area contributed by atoms with Crippen molar-refractivity contribution in [3.05, 3.63) is 16.8 Å². The third kappa shape index (κ3) is 4.30. The number of carbonyl (C=O) groups excluding carboxylic acids is 2. The summed E-state index contributed by atoms with van der Waals surface area (Å²) in [7, 11) is 0. The van der Waals surface area contributed by atoms with E-state index >= 15 is 0 Å². The fraction of sp³-hybridized carbons (Fsp3) is 0.529. The van der Waals surface area contributed by atoms with Gasteiger partial charge in [0.25, 0.3) is 0 Å². The van der Waals surface area contributed by atoms with Crippen molar-refractivity contribution in [1.29, 1.82) is 0 Å². The lowest BCUT2D eigenvalue weighted by Gasteiger charge is -2.12. The van der Waals surface area contributed by atoms with E-state index in [0.29, 0.717) is 0 Å². The summed E-state index contributed by atoms with van der Waals surface area (Å²) in [6.07, 6.45) is 6.95. The lowest BCUT2D eigenvalue weighted by molar-refractivity contribution is -0.117. The van der Waals surface area contributed by atoms with E-state index in [0.717, 1.165) is 34.5 Å². The van der Waals surface area contributed by atoms with Gasteiger partial charge in [-0.3, -0.25) is 10.1 Å². The fourth-order valence-corrected chi connectivity index (χ4v) is 4.95. The maximum Gasteiger partial charge on any atom is 0.321 e. The minimum atomic E-state index is -0.444. The molecule has 2 aromatic rings. The van der Waals surface area contributed by atoms with Crippen LogP contribution in [0.3, 0.4) is 0 Å². The first-order chi connectivity index (χ1) is 12.1. The van der Waals surface area contributed by atoms with Crippen molar-refractivity contribution in [3.8, 4) is 0 Å². The molecule has 134 valence electrons. The highest BCUT2D eigenvalue weighted by atomic mass is 32.2. The van der Waals surface area contributed by atoms with Gasteiger partial charge in [0.1, 0.15) is 16.2 Å². The molecule has 0 radical (unpaired) electrons. The van der Waals surface area contributed by atoms with E-state index in [2.05, 4.69) is 20.6 Å². The minimum absolute atomic E-state index is 0.0410. The van der Waals surface area contributed by atoms with E-state index in [-0.39, 0.29) is 17.7 Å². The summed E-state index contributed by atoms with van der Waals surface area (Å²) >= 11 is 3.10. The van der Waals surface area contributed by atoms with Gasteiger partial charge in [0.05, 0.1) is 5.75 Å². The molecule has 3 amide bonds. The van der Waals surface area contributed by atoms with Crippen LogP contribution in [0.5, 0.6) is 0 Å². The van der Waals surface area contributed by atoms with E-state index in [9.17, 15) is 9.59 Å². The van der Waals surface area contributed by atoms with Gasteiger partial charge in [-0.05, 0) is 44.6 Å². The lowest BCUT2D eigenvalue weighted by Crippen LogP contribution is -2.43. The molecule has 1 aliphatic rings. The van der Waals surface area contributed by atoms with E-state index in [1.807, 2.05) is 13.8 Å². The number of thioether (sulfide) groups is 1. The molecular weight excluding hydrogens is 356 g/mol. The van der Waals surface area contributed by atoms with Crippen LogP contribution in [0.15, 0.2) is 11.4 Å². The molecule has 0 saturated heterocycles. The van der Waals surface area contributed by atoms with Crippen LogP contribution in [0.2, 0.25) is 0 Å². The molecule has 8 heteroatoms. The SMILES string of the molecule is CC[C@@H](C)NC(=O)NC(=O)CSc1ncnc2sc3c(c12)CCCC3. The van der Waals surface area contributed by atoms with Crippen molar-refractivity contribution in [1.82, 2.24) is 20.6 Å². The number of imide groups is 1. The number of rotatable bonds is 5.